The Morgan fingerprint density at radius 1 is 1.15 bits per heavy atom. The van der Waals surface area contributed by atoms with Gasteiger partial charge in [-0.1, -0.05) is 6.07 Å². The maximum absolute atomic E-state index is 10.2. The molecule has 1 spiro atoms. The quantitative estimate of drug-likeness (QED) is 0.500. The molecule has 138 valence electrons. The molecular formula is C21H23Br2NO2. The molecule has 1 aliphatic heterocycles. The van der Waals surface area contributed by atoms with E-state index >= 15 is 0 Å². The molecular weight excluding hydrogens is 458 g/mol. The van der Waals surface area contributed by atoms with Crippen molar-refractivity contribution in [2.75, 3.05) is 7.11 Å². The monoisotopic (exact) mass is 479 g/mol. The average molecular weight is 481 g/mol. The number of hydrogen-bond acceptors (Lipinski definition) is 3. The summed E-state index contributed by atoms with van der Waals surface area (Å²) < 4.78 is 13.1. The van der Waals surface area contributed by atoms with Crippen LogP contribution >= 0.6 is 31.9 Å². The van der Waals surface area contributed by atoms with Gasteiger partial charge in [0, 0.05) is 12.0 Å². The minimum Gasteiger partial charge on any atom is -0.493 e. The van der Waals surface area contributed by atoms with Crippen LogP contribution in [0.1, 0.15) is 62.5 Å². The molecule has 0 radical (unpaired) electrons. The lowest BCUT2D eigenvalue weighted by Gasteiger charge is -2.34. The van der Waals surface area contributed by atoms with Gasteiger partial charge in [-0.3, -0.25) is 0 Å². The van der Waals surface area contributed by atoms with E-state index in [0.29, 0.717) is 0 Å². The van der Waals surface area contributed by atoms with Crippen molar-refractivity contribution in [2.24, 2.45) is 0 Å². The second-order valence-corrected chi connectivity index (χ2v) is 10.5. The molecule has 0 atom stereocenters. The first-order valence-electron chi connectivity index (χ1n) is 9.36. The summed E-state index contributed by atoms with van der Waals surface area (Å²) in [6, 6.07) is 6.80. The smallest absolute Gasteiger partial charge is 0.165 e. The molecule has 1 aromatic rings. The van der Waals surface area contributed by atoms with Gasteiger partial charge in [-0.15, -0.1) is 0 Å². The average Bonchev–Trinajstić information content (AvgIpc) is 3.27. The van der Waals surface area contributed by atoms with Gasteiger partial charge in [0.15, 0.2) is 11.5 Å². The summed E-state index contributed by atoms with van der Waals surface area (Å²) in [7, 11) is 1.70. The van der Waals surface area contributed by atoms with Crippen LogP contribution in [-0.4, -0.2) is 12.7 Å². The van der Waals surface area contributed by atoms with Crippen molar-refractivity contribution in [3.8, 4) is 17.6 Å². The van der Waals surface area contributed by atoms with Crippen molar-refractivity contribution < 1.29 is 9.47 Å². The van der Waals surface area contributed by atoms with Gasteiger partial charge in [0.05, 0.1) is 22.0 Å². The van der Waals surface area contributed by atoms with Crippen molar-refractivity contribution in [2.45, 2.75) is 68.8 Å². The van der Waals surface area contributed by atoms with E-state index in [2.05, 4.69) is 44.0 Å². The molecule has 2 aliphatic carbocycles. The van der Waals surface area contributed by atoms with E-state index < -0.39 is 5.41 Å². The highest BCUT2D eigenvalue weighted by atomic mass is 79.9. The zero-order chi connectivity index (χ0) is 18.4. The minimum absolute atomic E-state index is 0.0685. The zero-order valence-corrected chi connectivity index (χ0v) is 18.2. The van der Waals surface area contributed by atoms with Crippen LogP contribution in [0, 0.1) is 11.3 Å². The van der Waals surface area contributed by atoms with E-state index in [-0.39, 0.29) is 5.60 Å². The van der Waals surface area contributed by atoms with Gasteiger partial charge in [0.25, 0.3) is 0 Å². The topological polar surface area (TPSA) is 42.2 Å². The van der Waals surface area contributed by atoms with Gasteiger partial charge in [-0.25, -0.2) is 0 Å². The summed E-state index contributed by atoms with van der Waals surface area (Å²) >= 11 is 7.08. The van der Waals surface area contributed by atoms with Crippen LogP contribution in [0.3, 0.4) is 0 Å². The van der Waals surface area contributed by atoms with E-state index in [1.165, 1.54) is 29.5 Å². The molecule has 0 unspecified atom stereocenters. The van der Waals surface area contributed by atoms with E-state index in [0.717, 1.165) is 59.8 Å². The van der Waals surface area contributed by atoms with Gasteiger partial charge < -0.3 is 9.47 Å². The maximum Gasteiger partial charge on any atom is 0.165 e. The van der Waals surface area contributed by atoms with Crippen LogP contribution < -0.4 is 9.47 Å². The van der Waals surface area contributed by atoms with E-state index in [1.54, 1.807) is 7.11 Å². The Balaban J connectivity index is 1.76. The number of hydrogen-bond donors (Lipinski definition) is 0. The predicted octanol–water partition coefficient (Wildman–Crippen LogP) is 6.28. The Bertz CT molecular complexity index is 789. The van der Waals surface area contributed by atoms with Gasteiger partial charge in [-0.2, -0.15) is 5.26 Å². The third-order valence-electron chi connectivity index (χ3n) is 6.48. The van der Waals surface area contributed by atoms with E-state index in [4.69, 9.17) is 9.47 Å². The van der Waals surface area contributed by atoms with Gasteiger partial charge >= 0.3 is 0 Å². The number of nitrogens with zero attached hydrogens (tertiary/aromatic N) is 1. The fraction of sp³-hybridized carbons (Fsp3) is 0.571. The molecule has 26 heavy (non-hydrogen) atoms. The molecule has 0 saturated heterocycles. The number of ether oxygens (including phenoxy) is 2. The van der Waals surface area contributed by atoms with Crippen molar-refractivity contribution in [1.29, 1.82) is 5.26 Å². The Hall–Kier alpha value is -0.990. The van der Waals surface area contributed by atoms with E-state index in [9.17, 15) is 5.26 Å². The van der Waals surface area contributed by atoms with Crippen LogP contribution in [0.25, 0.3) is 0 Å². The Kier molecular flexibility index (Phi) is 4.86. The number of halogens is 2. The van der Waals surface area contributed by atoms with Crippen molar-refractivity contribution >= 4 is 31.9 Å². The minimum atomic E-state index is -0.428. The molecule has 5 heteroatoms. The van der Waals surface area contributed by atoms with Gasteiger partial charge in [0.1, 0.15) is 5.60 Å². The maximum atomic E-state index is 10.2. The number of benzene rings is 1. The van der Waals surface area contributed by atoms with Crippen LogP contribution in [0.4, 0.5) is 0 Å². The lowest BCUT2D eigenvalue weighted by Crippen LogP contribution is -2.31. The summed E-state index contributed by atoms with van der Waals surface area (Å²) in [5.41, 5.74) is 3.26. The van der Waals surface area contributed by atoms with Gasteiger partial charge in [-0.05, 0) is 100 Å². The molecule has 3 aliphatic rings. The Morgan fingerprint density at radius 3 is 2.42 bits per heavy atom. The number of methoxy groups -OCH3 is 1. The van der Waals surface area contributed by atoms with Crippen LogP contribution in [0.2, 0.25) is 0 Å². The second kappa shape index (κ2) is 6.87. The van der Waals surface area contributed by atoms with Crippen LogP contribution in [0.5, 0.6) is 11.5 Å². The third-order valence-corrected chi connectivity index (χ3v) is 7.60. The number of fused-ring (bicyclic) bond motifs is 1. The fourth-order valence-corrected chi connectivity index (χ4v) is 5.78. The first-order chi connectivity index (χ1) is 12.5. The molecule has 0 N–H and O–H groups in total. The third kappa shape index (κ3) is 2.90. The lowest BCUT2D eigenvalue weighted by molar-refractivity contribution is 0.0996. The summed E-state index contributed by atoms with van der Waals surface area (Å²) in [5, 5.41) is 10.2. The molecule has 2 fully saturated rings. The molecule has 0 bridgehead atoms. The predicted molar refractivity (Wildman–Crippen MR) is 109 cm³/mol. The van der Waals surface area contributed by atoms with Gasteiger partial charge in [0.2, 0.25) is 0 Å². The number of rotatable bonds is 2. The molecule has 0 aromatic heterocycles. The van der Waals surface area contributed by atoms with Crippen LogP contribution in [0.15, 0.2) is 21.1 Å². The Labute approximate surface area is 172 Å². The fourth-order valence-electron chi connectivity index (χ4n) is 4.98. The summed E-state index contributed by atoms with van der Waals surface area (Å²) in [5.74, 6) is 1.70. The first-order valence-corrected chi connectivity index (χ1v) is 10.9. The molecule has 1 aromatic carbocycles. The highest BCUT2D eigenvalue weighted by Crippen LogP contribution is 2.54. The SMILES string of the molecule is COc1ccc(C2(C#N)CCC(=C(Br)Br)CC2)c2c1OC1(CCCC1)C2. The Morgan fingerprint density at radius 2 is 1.85 bits per heavy atom. The zero-order valence-electron chi connectivity index (χ0n) is 15.0. The molecule has 0 amide bonds. The summed E-state index contributed by atoms with van der Waals surface area (Å²) in [4.78, 5) is 0. The van der Waals surface area contributed by atoms with Crippen molar-refractivity contribution in [3.05, 3.63) is 32.2 Å². The normalized spacial score (nSPS) is 26.3. The molecule has 4 rings (SSSR count). The number of allylic oxidation sites excluding steroid dienone is 1. The summed E-state index contributed by atoms with van der Waals surface area (Å²) in [6.45, 7) is 0. The highest BCUT2D eigenvalue weighted by Gasteiger charge is 2.47. The summed E-state index contributed by atoms with van der Waals surface area (Å²) in [6.07, 6.45) is 9.16. The highest BCUT2D eigenvalue weighted by molar-refractivity contribution is 9.28. The number of nitriles is 1. The lowest BCUT2D eigenvalue weighted by atomic mass is 9.67. The first kappa shape index (κ1) is 18.4. The van der Waals surface area contributed by atoms with Crippen molar-refractivity contribution in [1.82, 2.24) is 0 Å². The second-order valence-electron chi connectivity index (χ2n) is 7.85. The van der Waals surface area contributed by atoms with E-state index in [1.807, 2.05) is 6.07 Å². The largest absolute Gasteiger partial charge is 0.493 e. The van der Waals surface area contributed by atoms with Crippen LogP contribution in [-0.2, 0) is 11.8 Å². The van der Waals surface area contributed by atoms with Crippen molar-refractivity contribution in [3.63, 3.8) is 0 Å². The standard InChI is InChI=1S/C21H23Br2NO2/c1-25-17-5-4-16(15-12-21(26-18(15)17)8-2-3-9-21)20(13-24)10-6-14(7-11-20)19(22)23/h4-5H,2-3,6-12H2,1H3. The molecule has 3 nitrogen and oxygen atoms in total. The molecule has 1 heterocycles. The molecule has 2 saturated carbocycles.